The van der Waals surface area contributed by atoms with Crippen LogP contribution in [0, 0.1) is 0 Å². The van der Waals surface area contributed by atoms with E-state index in [1.54, 1.807) is 0 Å². The minimum absolute atomic E-state index is 0.0240. The van der Waals surface area contributed by atoms with Gasteiger partial charge in [-0.2, -0.15) is 0 Å². The Morgan fingerprint density at radius 2 is 2.05 bits per heavy atom. The Morgan fingerprint density at radius 3 is 2.58 bits per heavy atom. The van der Waals surface area contributed by atoms with Crippen LogP contribution in [0.4, 0.5) is 0 Å². The summed E-state index contributed by atoms with van der Waals surface area (Å²) in [4.78, 5) is 23.2. The highest BCUT2D eigenvalue weighted by Gasteiger charge is 2.16. The van der Waals surface area contributed by atoms with Crippen molar-refractivity contribution in [1.82, 2.24) is 9.88 Å². The van der Waals surface area contributed by atoms with Gasteiger partial charge in [0.2, 0.25) is 0 Å². The summed E-state index contributed by atoms with van der Waals surface area (Å²) in [6, 6.07) is 1.46. The summed E-state index contributed by atoms with van der Waals surface area (Å²) in [6.45, 7) is 7.91. The van der Waals surface area contributed by atoms with E-state index < -0.39 is 17.2 Å². The SMILES string of the molecule is CC.CCCC(C)NC(=O)c1ccn(C)c(=O)c1O. The largest absolute Gasteiger partial charge is 0.502 e. The number of aromatic nitrogens is 1. The fourth-order valence-corrected chi connectivity index (χ4v) is 1.61. The molecule has 0 saturated heterocycles. The van der Waals surface area contributed by atoms with Crippen LogP contribution in [0.3, 0.4) is 0 Å². The van der Waals surface area contributed by atoms with E-state index in [0.29, 0.717) is 0 Å². The Labute approximate surface area is 114 Å². The number of aromatic hydroxyl groups is 1. The van der Waals surface area contributed by atoms with E-state index in [4.69, 9.17) is 0 Å². The number of hydrogen-bond donors (Lipinski definition) is 2. The number of carbonyl (C=O) groups excluding carboxylic acids is 1. The summed E-state index contributed by atoms with van der Waals surface area (Å²) in [6.07, 6.45) is 3.28. The molecule has 1 atom stereocenters. The molecule has 0 radical (unpaired) electrons. The van der Waals surface area contributed by atoms with Crippen LogP contribution in [0.15, 0.2) is 17.1 Å². The van der Waals surface area contributed by atoms with E-state index >= 15 is 0 Å². The van der Waals surface area contributed by atoms with Gasteiger partial charge in [0.05, 0.1) is 5.56 Å². The van der Waals surface area contributed by atoms with Crippen LogP contribution in [0.1, 0.15) is 50.9 Å². The fourth-order valence-electron chi connectivity index (χ4n) is 1.61. The smallest absolute Gasteiger partial charge is 0.293 e. The lowest BCUT2D eigenvalue weighted by atomic mass is 10.1. The van der Waals surface area contributed by atoms with Gasteiger partial charge >= 0.3 is 0 Å². The van der Waals surface area contributed by atoms with E-state index in [1.807, 2.05) is 27.7 Å². The molecule has 1 aromatic heterocycles. The van der Waals surface area contributed by atoms with Gasteiger partial charge in [0, 0.05) is 19.3 Å². The van der Waals surface area contributed by atoms with Crippen molar-refractivity contribution in [2.24, 2.45) is 7.05 Å². The average molecular weight is 268 g/mol. The average Bonchev–Trinajstić information content (AvgIpc) is 2.38. The molecule has 0 fully saturated rings. The van der Waals surface area contributed by atoms with Crippen molar-refractivity contribution in [3.8, 4) is 5.75 Å². The topological polar surface area (TPSA) is 71.3 Å². The summed E-state index contributed by atoms with van der Waals surface area (Å²) in [5, 5.41) is 12.3. The highest BCUT2D eigenvalue weighted by Crippen LogP contribution is 2.10. The van der Waals surface area contributed by atoms with Crippen molar-refractivity contribution in [2.75, 3.05) is 0 Å². The highest BCUT2D eigenvalue weighted by molar-refractivity contribution is 5.96. The molecule has 5 nitrogen and oxygen atoms in total. The van der Waals surface area contributed by atoms with Crippen LogP contribution in [0.25, 0.3) is 0 Å². The number of aryl methyl sites for hydroxylation is 1. The van der Waals surface area contributed by atoms with E-state index in [1.165, 1.54) is 23.9 Å². The number of rotatable bonds is 4. The number of nitrogens with one attached hydrogen (secondary N) is 1. The number of pyridine rings is 1. The van der Waals surface area contributed by atoms with Crippen molar-refractivity contribution in [2.45, 2.75) is 46.6 Å². The Hall–Kier alpha value is -1.78. The first-order valence-electron chi connectivity index (χ1n) is 6.66. The molecule has 0 aromatic carbocycles. The zero-order valence-corrected chi connectivity index (χ0v) is 12.4. The minimum Gasteiger partial charge on any atom is -0.502 e. The third kappa shape index (κ3) is 4.77. The first-order chi connectivity index (χ1) is 8.97. The van der Waals surface area contributed by atoms with Crippen molar-refractivity contribution < 1.29 is 9.90 Å². The summed E-state index contributed by atoms with van der Waals surface area (Å²) >= 11 is 0. The maximum Gasteiger partial charge on any atom is 0.293 e. The first-order valence-corrected chi connectivity index (χ1v) is 6.66. The predicted molar refractivity (Wildman–Crippen MR) is 76.5 cm³/mol. The Kier molecular flexibility index (Phi) is 7.56. The molecule has 1 heterocycles. The van der Waals surface area contributed by atoms with Crippen LogP contribution in [0.5, 0.6) is 5.75 Å². The van der Waals surface area contributed by atoms with Gasteiger partial charge in [0.25, 0.3) is 11.5 Å². The normalized spacial score (nSPS) is 11.2. The van der Waals surface area contributed by atoms with E-state index in [9.17, 15) is 14.7 Å². The summed E-state index contributed by atoms with van der Waals surface area (Å²) in [5.74, 6) is -0.919. The maximum absolute atomic E-state index is 11.8. The number of nitrogens with zero attached hydrogens (tertiary/aromatic N) is 1. The molecule has 0 aliphatic carbocycles. The van der Waals surface area contributed by atoms with Gasteiger partial charge in [-0.25, -0.2) is 0 Å². The van der Waals surface area contributed by atoms with Crippen LogP contribution < -0.4 is 10.9 Å². The van der Waals surface area contributed by atoms with Crippen molar-refractivity contribution in [3.05, 3.63) is 28.2 Å². The number of amides is 1. The highest BCUT2D eigenvalue weighted by atomic mass is 16.3. The van der Waals surface area contributed by atoms with Gasteiger partial charge in [0.1, 0.15) is 0 Å². The van der Waals surface area contributed by atoms with E-state index in [-0.39, 0.29) is 11.6 Å². The molecule has 0 aliphatic heterocycles. The van der Waals surface area contributed by atoms with Crippen LogP contribution in [-0.2, 0) is 7.05 Å². The van der Waals surface area contributed by atoms with Gasteiger partial charge in [0.15, 0.2) is 5.75 Å². The molecule has 108 valence electrons. The molecule has 5 heteroatoms. The van der Waals surface area contributed by atoms with E-state index in [2.05, 4.69) is 5.32 Å². The van der Waals surface area contributed by atoms with Crippen LogP contribution >= 0.6 is 0 Å². The summed E-state index contributed by atoms with van der Waals surface area (Å²) in [5.41, 5.74) is -0.545. The molecular weight excluding hydrogens is 244 g/mol. The standard InChI is InChI=1S/C12H18N2O3.C2H6/c1-4-5-8(2)13-11(16)9-6-7-14(3)12(17)10(9)15;1-2/h6-8,15H,4-5H2,1-3H3,(H,13,16);1-2H3. The zero-order chi connectivity index (χ0) is 15.0. The quantitative estimate of drug-likeness (QED) is 0.877. The monoisotopic (exact) mass is 268 g/mol. The Balaban J connectivity index is 0.00000154. The fraction of sp³-hybridized carbons (Fsp3) is 0.571. The second-order valence-electron chi connectivity index (χ2n) is 4.16. The molecule has 0 spiro atoms. The Bertz CT molecular complexity index is 466. The third-order valence-corrected chi connectivity index (χ3v) is 2.59. The van der Waals surface area contributed by atoms with Gasteiger partial charge in [-0.15, -0.1) is 0 Å². The lowest BCUT2D eigenvalue weighted by Crippen LogP contribution is -2.33. The first kappa shape index (κ1) is 17.2. The second-order valence-corrected chi connectivity index (χ2v) is 4.16. The molecule has 0 bridgehead atoms. The predicted octanol–water partition coefficient (Wildman–Crippen LogP) is 2.04. The van der Waals surface area contributed by atoms with E-state index in [0.717, 1.165) is 12.8 Å². The van der Waals surface area contributed by atoms with Crippen molar-refractivity contribution in [1.29, 1.82) is 0 Å². The maximum atomic E-state index is 11.8. The molecule has 1 aromatic rings. The molecule has 0 saturated carbocycles. The van der Waals surface area contributed by atoms with Gasteiger partial charge in [-0.1, -0.05) is 27.2 Å². The Morgan fingerprint density at radius 1 is 1.47 bits per heavy atom. The number of hydrogen-bond acceptors (Lipinski definition) is 3. The van der Waals surface area contributed by atoms with Crippen molar-refractivity contribution in [3.63, 3.8) is 0 Å². The van der Waals surface area contributed by atoms with Gasteiger partial charge in [-0.3, -0.25) is 9.59 Å². The molecule has 2 N–H and O–H groups in total. The zero-order valence-electron chi connectivity index (χ0n) is 12.4. The van der Waals surface area contributed by atoms with Gasteiger partial charge < -0.3 is 15.0 Å². The number of carbonyl (C=O) groups is 1. The lowest BCUT2D eigenvalue weighted by molar-refractivity contribution is 0.0935. The molecule has 19 heavy (non-hydrogen) atoms. The minimum atomic E-state index is -0.569. The molecule has 0 aliphatic rings. The van der Waals surface area contributed by atoms with Crippen molar-refractivity contribution >= 4 is 5.91 Å². The molecule has 1 amide bonds. The molecule has 1 rings (SSSR count). The molecular formula is C14H24N2O3. The molecule has 1 unspecified atom stereocenters. The second kappa shape index (κ2) is 8.34. The van der Waals surface area contributed by atoms with Gasteiger partial charge in [-0.05, 0) is 19.4 Å². The summed E-state index contributed by atoms with van der Waals surface area (Å²) in [7, 11) is 1.52. The van der Waals surface area contributed by atoms with Crippen LogP contribution in [-0.4, -0.2) is 21.6 Å². The lowest BCUT2D eigenvalue weighted by Gasteiger charge is -2.13. The summed E-state index contributed by atoms with van der Waals surface area (Å²) < 4.78 is 1.22. The van der Waals surface area contributed by atoms with Crippen LogP contribution in [0.2, 0.25) is 0 Å². The third-order valence-electron chi connectivity index (χ3n) is 2.59.